The van der Waals surface area contributed by atoms with Crippen molar-refractivity contribution in [2.75, 3.05) is 5.32 Å². The maximum atomic E-state index is 11.2. The lowest BCUT2D eigenvalue weighted by atomic mass is 10.1. The molecule has 0 atom stereocenters. The van der Waals surface area contributed by atoms with Crippen molar-refractivity contribution >= 4 is 33.9 Å². The monoisotopic (exact) mass is 336 g/mol. The molecular weight excluding hydrogens is 328 g/mol. The van der Waals surface area contributed by atoms with E-state index in [0.717, 1.165) is 12.1 Å². The van der Waals surface area contributed by atoms with Gasteiger partial charge in [0.1, 0.15) is 0 Å². The Morgan fingerprint density at radius 2 is 1.83 bits per heavy atom. The van der Waals surface area contributed by atoms with E-state index >= 15 is 0 Å². The standard InChI is InChI=1S/C13H9ClN4O5/c14-13(19)9-4-10(17(20)21)12(11(5-9)18(22)23)16-7-8-2-1-3-15-6-8/h1-6,16H,7H2. The number of nitro benzene ring substituents is 2. The number of carbonyl (C=O) groups excluding carboxylic acids is 1. The second-order valence-corrected chi connectivity index (χ2v) is 4.74. The van der Waals surface area contributed by atoms with Crippen molar-refractivity contribution in [1.29, 1.82) is 0 Å². The number of hydrogen-bond acceptors (Lipinski definition) is 7. The third kappa shape index (κ3) is 3.77. The molecule has 0 saturated carbocycles. The van der Waals surface area contributed by atoms with Crippen LogP contribution in [0.15, 0.2) is 36.7 Å². The van der Waals surface area contributed by atoms with Crippen LogP contribution in [0.25, 0.3) is 0 Å². The van der Waals surface area contributed by atoms with Gasteiger partial charge in [-0.15, -0.1) is 0 Å². The van der Waals surface area contributed by atoms with Gasteiger partial charge in [-0.1, -0.05) is 6.07 Å². The van der Waals surface area contributed by atoms with Gasteiger partial charge in [0, 0.05) is 36.6 Å². The summed E-state index contributed by atoms with van der Waals surface area (Å²) < 4.78 is 0. The summed E-state index contributed by atoms with van der Waals surface area (Å²) in [7, 11) is 0. The molecule has 1 aromatic carbocycles. The molecule has 0 aliphatic rings. The molecule has 10 heteroatoms. The van der Waals surface area contributed by atoms with Gasteiger partial charge in [0.15, 0.2) is 5.69 Å². The molecule has 0 radical (unpaired) electrons. The van der Waals surface area contributed by atoms with Gasteiger partial charge in [-0.3, -0.25) is 30.0 Å². The molecule has 1 heterocycles. The molecule has 0 aliphatic heterocycles. The number of nitrogens with zero attached hydrogens (tertiary/aromatic N) is 3. The smallest absolute Gasteiger partial charge is 0.300 e. The Kier molecular flexibility index (Phi) is 4.82. The number of halogens is 1. The molecule has 9 nitrogen and oxygen atoms in total. The van der Waals surface area contributed by atoms with E-state index in [1.165, 1.54) is 6.20 Å². The maximum Gasteiger partial charge on any atom is 0.300 e. The molecule has 0 spiro atoms. The van der Waals surface area contributed by atoms with Gasteiger partial charge < -0.3 is 5.32 Å². The molecule has 23 heavy (non-hydrogen) atoms. The van der Waals surface area contributed by atoms with Crippen LogP contribution in [0.4, 0.5) is 17.1 Å². The molecule has 118 valence electrons. The van der Waals surface area contributed by atoms with Gasteiger partial charge in [-0.25, -0.2) is 0 Å². The van der Waals surface area contributed by atoms with Gasteiger partial charge in [0.25, 0.3) is 16.6 Å². The van der Waals surface area contributed by atoms with Gasteiger partial charge in [0.2, 0.25) is 0 Å². The first kappa shape index (κ1) is 16.3. The summed E-state index contributed by atoms with van der Waals surface area (Å²) in [5.41, 5.74) is -1.16. The topological polar surface area (TPSA) is 128 Å². The second kappa shape index (κ2) is 6.79. The van der Waals surface area contributed by atoms with Crippen molar-refractivity contribution in [3.63, 3.8) is 0 Å². The lowest BCUT2D eigenvalue weighted by molar-refractivity contribution is -0.392. The fourth-order valence-electron chi connectivity index (χ4n) is 1.89. The van der Waals surface area contributed by atoms with E-state index in [4.69, 9.17) is 11.6 Å². The summed E-state index contributed by atoms with van der Waals surface area (Å²) in [5, 5.41) is 23.9. The van der Waals surface area contributed by atoms with E-state index in [2.05, 4.69) is 10.3 Å². The highest BCUT2D eigenvalue weighted by Gasteiger charge is 2.28. The molecule has 0 bridgehead atoms. The van der Waals surface area contributed by atoms with E-state index in [9.17, 15) is 25.0 Å². The zero-order valence-electron chi connectivity index (χ0n) is 11.4. The predicted molar refractivity (Wildman–Crippen MR) is 81.5 cm³/mol. The van der Waals surface area contributed by atoms with Crippen LogP contribution < -0.4 is 5.32 Å². The molecule has 0 fully saturated rings. The van der Waals surface area contributed by atoms with Crippen molar-refractivity contribution in [3.05, 3.63) is 68.0 Å². The highest BCUT2D eigenvalue weighted by Crippen LogP contribution is 2.36. The highest BCUT2D eigenvalue weighted by molar-refractivity contribution is 6.67. The number of carbonyl (C=O) groups is 1. The van der Waals surface area contributed by atoms with Crippen molar-refractivity contribution in [1.82, 2.24) is 4.98 Å². The minimum Gasteiger partial charge on any atom is -0.370 e. The number of nitro groups is 2. The van der Waals surface area contributed by atoms with Crippen LogP contribution in [-0.4, -0.2) is 20.1 Å². The summed E-state index contributed by atoms with van der Waals surface area (Å²) in [6, 6.07) is 5.16. The first-order chi connectivity index (χ1) is 10.9. The molecule has 0 unspecified atom stereocenters. The Labute approximate surface area is 134 Å². The normalized spacial score (nSPS) is 10.1. The average molecular weight is 337 g/mol. The van der Waals surface area contributed by atoms with Crippen molar-refractivity contribution in [3.8, 4) is 0 Å². The maximum absolute atomic E-state index is 11.2. The zero-order chi connectivity index (χ0) is 17.0. The minimum atomic E-state index is -1.02. The highest BCUT2D eigenvalue weighted by atomic mass is 35.5. The quantitative estimate of drug-likeness (QED) is 0.487. The second-order valence-electron chi connectivity index (χ2n) is 4.39. The molecule has 2 aromatic rings. The van der Waals surface area contributed by atoms with Crippen LogP contribution in [0.5, 0.6) is 0 Å². The Hall–Kier alpha value is -3.07. The SMILES string of the molecule is O=C(Cl)c1cc([N+](=O)[O-])c(NCc2cccnc2)c([N+](=O)[O-])c1. The van der Waals surface area contributed by atoms with Crippen molar-refractivity contribution in [2.45, 2.75) is 6.54 Å². The number of pyridine rings is 1. The Morgan fingerprint density at radius 3 is 2.26 bits per heavy atom. The van der Waals surface area contributed by atoms with E-state index in [0.29, 0.717) is 5.56 Å². The fourth-order valence-corrected chi connectivity index (χ4v) is 2.00. The molecule has 0 amide bonds. The predicted octanol–water partition coefficient (Wildman–Crippen LogP) is 2.89. The average Bonchev–Trinajstić information content (AvgIpc) is 2.52. The largest absolute Gasteiger partial charge is 0.370 e. The lowest BCUT2D eigenvalue weighted by Gasteiger charge is -2.08. The molecule has 1 N–H and O–H groups in total. The zero-order valence-corrected chi connectivity index (χ0v) is 12.2. The number of rotatable bonds is 6. The summed E-state index contributed by atoms with van der Waals surface area (Å²) in [6.07, 6.45) is 3.07. The summed E-state index contributed by atoms with van der Waals surface area (Å²) in [6.45, 7) is 0.0870. The summed E-state index contributed by atoms with van der Waals surface area (Å²) in [5.74, 6) is 0. The van der Waals surface area contributed by atoms with Crippen LogP contribution in [0.3, 0.4) is 0 Å². The van der Waals surface area contributed by atoms with Gasteiger partial charge in [0.05, 0.1) is 9.85 Å². The van der Waals surface area contributed by atoms with Crippen molar-refractivity contribution < 1.29 is 14.6 Å². The molecule has 2 rings (SSSR count). The van der Waals surface area contributed by atoms with E-state index in [1.807, 2.05) is 0 Å². The lowest BCUT2D eigenvalue weighted by Crippen LogP contribution is -2.07. The van der Waals surface area contributed by atoms with Gasteiger partial charge in [-0.05, 0) is 23.2 Å². The Morgan fingerprint density at radius 1 is 1.22 bits per heavy atom. The molecule has 0 aliphatic carbocycles. The Bertz CT molecular complexity index is 746. The van der Waals surface area contributed by atoms with Crippen LogP contribution in [-0.2, 0) is 6.54 Å². The number of nitrogens with one attached hydrogen (secondary N) is 1. The number of benzene rings is 1. The third-order valence-electron chi connectivity index (χ3n) is 2.91. The van der Waals surface area contributed by atoms with E-state index in [1.54, 1.807) is 18.3 Å². The van der Waals surface area contributed by atoms with Crippen LogP contribution in [0.2, 0.25) is 0 Å². The number of hydrogen-bond donors (Lipinski definition) is 1. The third-order valence-corrected chi connectivity index (χ3v) is 3.13. The number of anilines is 1. The minimum absolute atomic E-state index is 0.0870. The number of aromatic nitrogens is 1. The molecular formula is C13H9ClN4O5. The van der Waals surface area contributed by atoms with Crippen molar-refractivity contribution in [2.24, 2.45) is 0 Å². The molecule has 0 saturated heterocycles. The summed E-state index contributed by atoms with van der Waals surface area (Å²) >= 11 is 5.27. The van der Waals surface area contributed by atoms with E-state index < -0.39 is 26.5 Å². The van der Waals surface area contributed by atoms with Gasteiger partial charge >= 0.3 is 0 Å². The van der Waals surface area contributed by atoms with Gasteiger partial charge in [-0.2, -0.15) is 0 Å². The van der Waals surface area contributed by atoms with Crippen LogP contribution >= 0.6 is 11.6 Å². The molecule has 1 aromatic heterocycles. The first-order valence-corrected chi connectivity index (χ1v) is 6.57. The van der Waals surface area contributed by atoms with E-state index in [-0.39, 0.29) is 17.8 Å². The van der Waals surface area contributed by atoms with Crippen LogP contribution in [0, 0.1) is 20.2 Å². The fraction of sp³-hybridized carbons (Fsp3) is 0.0769. The summed E-state index contributed by atoms with van der Waals surface area (Å²) in [4.78, 5) is 35.7. The first-order valence-electron chi connectivity index (χ1n) is 6.19. The Balaban J connectivity index is 2.48. The van der Waals surface area contributed by atoms with Crippen LogP contribution in [0.1, 0.15) is 15.9 Å².